The van der Waals surface area contributed by atoms with Gasteiger partial charge >= 0.3 is 0 Å². The number of aryl methyl sites for hydroxylation is 2. The number of rotatable bonds is 6. The minimum atomic E-state index is 0.0334. The number of benzene rings is 2. The number of carbonyl (C=O) groups excluding carboxylic acids is 1. The molecule has 5 heteroatoms. The lowest BCUT2D eigenvalue weighted by Gasteiger charge is -2.11. The van der Waals surface area contributed by atoms with Crippen LogP contribution < -0.4 is 10.5 Å². The molecule has 132 valence electrons. The maximum absolute atomic E-state index is 11.6. The van der Waals surface area contributed by atoms with Crippen molar-refractivity contribution < 1.29 is 9.53 Å². The summed E-state index contributed by atoms with van der Waals surface area (Å²) in [6, 6.07) is 11.5. The first-order valence-electron chi connectivity index (χ1n) is 8.21. The monoisotopic (exact) mass is 356 g/mol. The van der Waals surface area contributed by atoms with Gasteiger partial charge in [0.25, 0.3) is 0 Å². The Morgan fingerprint density at radius 3 is 2.56 bits per heavy atom. The standard InChI is InChI=1S/C20H24N2O2S/c1-5-24-19-9-7-16(15(4)23)11-17(19)12-25-20(21)22-18-8-6-13(2)14(3)10-18/h6-11H,5,12H2,1-4H3,(H2,21,22). The Labute approximate surface area is 153 Å². The highest BCUT2D eigenvalue weighted by Gasteiger charge is 2.09. The van der Waals surface area contributed by atoms with Gasteiger partial charge in [0.15, 0.2) is 11.0 Å². The third-order valence-electron chi connectivity index (χ3n) is 3.87. The number of hydrogen-bond donors (Lipinski definition) is 1. The minimum Gasteiger partial charge on any atom is -0.494 e. The fraction of sp³-hybridized carbons (Fsp3) is 0.300. The molecular weight excluding hydrogens is 332 g/mol. The topological polar surface area (TPSA) is 64.7 Å². The molecule has 0 spiro atoms. The van der Waals surface area contributed by atoms with Gasteiger partial charge < -0.3 is 10.5 Å². The summed E-state index contributed by atoms with van der Waals surface area (Å²) in [5, 5.41) is 0.485. The highest BCUT2D eigenvalue weighted by Crippen LogP contribution is 2.26. The lowest BCUT2D eigenvalue weighted by atomic mass is 10.1. The van der Waals surface area contributed by atoms with E-state index in [2.05, 4.69) is 18.8 Å². The second kappa shape index (κ2) is 8.72. The van der Waals surface area contributed by atoms with Gasteiger partial charge in [-0.25, -0.2) is 4.99 Å². The van der Waals surface area contributed by atoms with Gasteiger partial charge in [-0.3, -0.25) is 4.79 Å². The highest BCUT2D eigenvalue weighted by atomic mass is 32.2. The van der Waals surface area contributed by atoms with Crippen molar-refractivity contribution in [3.63, 3.8) is 0 Å². The Bertz CT molecular complexity index is 800. The Morgan fingerprint density at radius 1 is 1.16 bits per heavy atom. The Morgan fingerprint density at radius 2 is 1.92 bits per heavy atom. The van der Waals surface area contributed by atoms with Crippen molar-refractivity contribution in [3.05, 3.63) is 58.7 Å². The number of ketones is 1. The summed E-state index contributed by atoms with van der Waals surface area (Å²) in [6.07, 6.45) is 0. The quantitative estimate of drug-likeness (QED) is 0.459. The summed E-state index contributed by atoms with van der Waals surface area (Å²) in [5.41, 5.74) is 10.9. The van der Waals surface area contributed by atoms with E-state index in [0.29, 0.717) is 23.1 Å². The maximum Gasteiger partial charge on any atom is 0.159 e. The summed E-state index contributed by atoms with van der Waals surface area (Å²) >= 11 is 1.43. The summed E-state index contributed by atoms with van der Waals surface area (Å²) in [4.78, 5) is 16.1. The van der Waals surface area contributed by atoms with Crippen molar-refractivity contribution in [2.45, 2.75) is 33.4 Å². The molecule has 0 amide bonds. The van der Waals surface area contributed by atoms with Crippen molar-refractivity contribution in [2.24, 2.45) is 10.7 Å². The molecule has 0 unspecified atom stereocenters. The van der Waals surface area contributed by atoms with E-state index in [-0.39, 0.29) is 5.78 Å². The lowest BCUT2D eigenvalue weighted by molar-refractivity contribution is 0.101. The predicted octanol–water partition coefficient (Wildman–Crippen LogP) is 4.78. The second-order valence-electron chi connectivity index (χ2n) is 5.82. The van der Waals surface area contributed by atoms with Gasteiger partial charge in [0, 0.05) is 16.9 Å². The number of ether oxygens (including phenoxy) is 1. The molecule has 0 aliphatic heterocycles. The maximum atomic E-state index is 11.6. The predicted molar refractivity (Wildman–Crippen MR) is 106 cm³/mol. The normalized spacial score (nSPS) is 11.4. The Balaban J connectivity index is 2.15. The largest absolute Gasteiger partial charge is 0.494 e. The first-order chi connectivity index (χ1) is 11.9. The molecule has 0 aliphatic rings. The molecule has 0 saturated heterocycles. The summed E-state index contributed by atoms with van der Waals surface area (Å²) in [7, 11) is 0. The van der Waals surface area contributed by atoms with E-state index >= 15 is 0 Å². The molecule has 0 aromatic heterocycles. The van der Waals surface area contributed by atoms with Crippen LogP contribution in [0, 0.1) is 13.8 Å². The van der Waals surface area contributed by atoms with Gasteiger partial charge in [-0.05, 0) is 69.2 Å². The molecular formula is C20H24N2O2S. The number of thioether (sulfide) groups is 1. The molecule has 2 aromatic carbocycles. The van der Waals surface area contributed by atoms with Crippen molar-refractivity contribution in [2.75, 3.05) is 6.61 Å². The zero-order valence-electron chi connectivity index (χ0n) is 15.1. The van der Waals surface area contributed by atoms with Gasteiger partial charge in [0.05, 0.1) is 12.3 Å². The molecule has 2 aromatic rings. The van der Waals surface area contributed by atoms with Crippen molar-refractivity contribution in [1.29, 1.82) is 0 Å². The minimum absolute atomic E-state index is 0.0334. The molecule has 0 atom stereocenters. The summed E-state index contributed by atoms with van der Waals surface area (Å²) in [6.45, 7) is 8.19. The van der Waals surface area contributed by atoms with Gasteiger partial charge in [0.2, 0.25) is 0 Å². The van der Waals surface area contributed by atoms with Crippen LogP contribution in [0.3, 0.4) is 0 Å². The van der Waals surface area contributed by atoms with Crippen LogP contribution in [-0.2, 0) is 5.75 Å². The van der Waals surface area contributed by atoms with Crippen molar-refractivity contribution in [1.82, 2.24) is 0 Å². The average molecular weight is 356 g/mol. The highest BCUT2D eigenvalue weighted by molar-refractivity contribution is 8.13. The van der Waals surface area contributed by atoms with Crippen LogP contribution >= 0.6 is 11.8 Å². The zero-order chi connectivity index (χ0) is 18.4. The molecule has 0 radical (unpaired) electrons. The number of hydrogen-bond acceptors (Lipinski definition) is 4. The number of nitrogens with zero attached hydrogens (tertiary/aromatic N) is 1. The molecule has 0 saturated carbocycles. The van der Waals surface area contributed by atoms with E-state index in [1.165, 1.54) is 22.9 Å². The van der Waals surface area contributed by atoms with E-state index in [9.17, 15) is 4.79 Å². The number of nitrogens with two attached hydrogens (primary N) is 1. The van der Waals surface area contributed by atoms with Gasteiger partial charge in [0.1, 0.15) is 5.75 Å². The van der Waals surface area contributed by atoms with E-state index < -0.39 is 0 Å². The van der Waals surface area contributed by atoms with E-state index in [1.807, 2.05) is 37.3 Å². The van der Waals surface area contributed by atoms with Crippen LogP contribution in [0.1, 0.15) is 40.9 Å². The average Bonchev–Trinajstić information content (AvgIpc) is 2.57. The van der Waals surface area contributed by atoms with Gasteiger partial charge in [-0.2, -0.15) is 0 Å². The van der Waals surface area contributed by atoms with Gasteiger partial charge in [-0.15, -0.1) is 0 Å². The van der Waals surface area contributed by atoms with Crippen LogP contribution in [0.5, 0.6) is 5.75 Å². The smallest absolute Gasteiger partial charge is 0.159 e. The fourth-order valence-electron chi connectivity index (χ4n) is 2.31. The number of Topliss-reactive ketones (excluding diaryl/α,β-unsaturated/α-hetero) is 1. The molecule has 2 rings (SSSR count). The fourth-order valence-corrected chi connectivity index (χ4v) is 3.01. The third-order valence-corrected chi connectivity index (χ3v) is 4.71. The third kappa shape index (κ3) is 5.36. The van der Waals surface area contributed by atoms with Crippen molar-refractivity contribution in [3.8, 4) is 5.75 Å². The SMILES string of the molecule is CCOc1ccc(C(C)=O)cc1CSC(N)=Nc1ccc(C)c(C)c1. The van der Waals surface area contributed by atoms with Gasteiger partial charge in [-0.1, -0.05) is 17.8 Å². The van der Waals surface area contributed by atoms with Crippen molar-refractivity contribution >= 4 is 28.4 Å². The lowest BCUT2D eigenvalue weighted by Crippen LogP contribution is -2.07. The summed E-state index contributed by atoms with van der Waals surface area (Å²) < 4.78 is 5.65. The van der Waals surface area contributed by atoms with Crippen LogP contribution in [-0.4, -0.2) is 17.6 Å². The first kappa shape index (κ1) is 19.1. The molecule has 0 bridgehead atoms. The molecule has 2 N–H and O–H groups in total. The van der Waals surface area contributed by atoms with E-state index in [1.54, 1.807) is 13.0 Å². The molecule has 4 nitrogen and oxygen atoms in total. The first-order valence-corrected chi connectivity index (χ1v) is 9.20. The molecule has 25 heavy (non-hydrogen) atoms. The summed E-state index contributed by atoms with van der Waals surface area (Å²) in [5.74, 6) is 1.40. The number of amidine groups is 1. The zero-order valence-corrected chi connectivity index (χ0v) is 15.9. The van der Waals surface area contributed by atoms with E-state index in [0.717, 1.165) is 17.0 Å². The number of carbonyl (C=O) groups is 1. The molecule has 0 fully saturated rings. The van der Waals surface area contributed by atoms with Crippen LogP contribution in [0.2, 0.25) is 0 Å². The molecule has 0 aliphatic carbocycles. The number of aliphatic imine (C=N–C) groups is 1. The van der Waals surface area contributed by atoms with Crippen LogP contribution in [0.25, 0.3) is 0 Å². The Kier molecular flexibility index (Phi) is 6.65. The Hall–Kier alpha value is -2.27. The molecule has 0 heterocycles. The second-order valence-corrected chi connectivity index (χ2v) is 6.81. The van der Waals surface area contributed by atoms with Crippen LogP contribution in [0.15, 0.2) is 41.4 Å². The van der Waals surface area contributed by atoms with Crippen LogP contribution in [0.4, 0.5) is 5.69 Å². The van der Waals surface area contributed by atoms with E-state index in [4.69, 9.17) is 10.5 Å².